The fourth-order valence-electron chi connectivity index (χ4n) is 3.18. The van der Waals surface area contributed by atoms with Gasteiger partial charge in [-0.3, -0.25) is 9.48 Å². The summed E-state index contributed by atoms with van der Waals surface area (Å²) in [5, 5.41) is 7.14. The zero-order valence-corrected chi connectivity index (χ0v) is 16.9. The number of nitrogens with one attached hydrogen (secondary N) is 2. The van der Waals surface area contributed by atoms with E-state index in [1.54, 1.807) is 19.9 Å². The number of hydrogen-bond acceptors (Lipinski definition) is 5. The first kappa shape index (κ1) is 19.4. The Morgan fingerprint density at radius 3 is 2.63 bits per heavy atom. The van der Waals surface area contributed by atoms with Crippen molar-refractivity contribution in [3.63, 3.8) is 0 Å². The molecule has 1 aliphatic heterocycles. The molecule has 146 valence electrons. The quantitative estimate of drug-likeness (QED) is 0.811. The molecule has 27 heavy (non-hydrogen) atoms. The van der Waals surface area contributed by atoms with Crippen LogP contribution in [0.3, 0.4) is 0 Å². The van der Waals surface area contributed by atoms with Gasteiger partial charge in [0.2, 0.25) is 10.0 Å². The Labute approximate surface area is 159 Å². The Morgan fingerprint density at radius 1 is 1.30 bits per heavy atom. The molecule has 1 aromatic carbocycles. The van der Waals surface area contributed by atoms with Crippen LogP contribution >= 0.6 is 0 Å². The maximum atomic E-state index is 12.9. The van der Waals surface area contributed by atoms with E-state index in [-0.39, 0.29) is 17.3 Å². The third kappa shape index (κ3) is 3.57. The zero-order chi connectivity index (χ0) is 19.9. The SMILES string of the molecule is CCn1nc(C)c(CNS(=O)(=O)c2cc3c(cc2C)NC(=O)C(C)O3)c1C. The van der Waals surface area contributed by atoms with E-state index in [1.807, 2.05) is 25.5 Å². The molecular weight excluding hydrogens is 368 g/mol. The van der Waals surface area contributed by atoms with Crippen molar-refractivity contribution in [1.82, 2.24) is 14.5 Å². The molecule has 0 aliphatic carbocycles. The molecule has 2 aromatic rings. The van der Waals surface area contributed by atoms with E-state index in [9.17, 15) is 13.2 Å². The number of hydrogen-bond donors (Lipinski definition) is 2. The summed E-state index contributed by atoms with van der Waals surface area (Å²) in [6.07, 6.45) is -0.672. The number of ether oxygens (including phenoxy) is 1. The number of rotatable bonds is 5. The average Bonchev–Trinajstić information content (AvgIpc) is 2.87. The van der Waals surface area contributed by atoms with Crippen LogP contribution in [0.2, 0.25) is 0 Å². The molecule has 1 amide bonds. The standard InChI is InChI=1S/C18H24N4O4S/c1-6-22-12(4)14(11(3)21-22)9-19-27(24,25)17-8-16-15(7-10(17)2)20-18(23)13(5)26-16/h7-8,13,19H,6,9H2,1-5H3,(H,20,23). The molecule has 9 heteroatoms. The van der Waals surface area contributed by atoms with Crippen LogP contribution < -0.4 is 14.8 Å². The topological polar surface area (TPSA) is 102 Å². The van der Waals surface area contributed by atoms with Crippen LogP contribution in [-0.4, -0.2) is 30.2 Å². The largest absolute Gasteiger partial charge is 0.479 e. The number of aromatic nitrogens is 2. The van der Waals surface area contributed by atoms with Crippen LogP contribution in [0, 0.1) is 20.8 Å². The minimum atomic E-state index is -3.76. The van der Waals surface area contributed by atoms with Crippen molar-refractivity contribution >= 4 is 21.6 Å². The van der Waals surface area contributed by atoms with E-state index in [1.165, 1.54) is 6.07 Å². The summed E-state index contributed by atoms with van der Waals surface area (Å²) in [4.78, 5) is 11.9. The number of anilines is 1. The highest BCUT2D eigenvalue weighted by Gasteiger charge is 2.27. The lowest BCUT2D eigenvalue weighted by molar-refractivity contribution is -0.122. The monoisotopic (exact) mass is 392 g/mol. The molecule has 0 radical (unpaired) electrons. The van der Waals surface area contributed by atoms with E-state index in [4.69, 9.17) is 4.74 Å². The van der Waals surface area contributed by atoms with Gasteiger partial charge in [0.15, 0.2) is 6.10 Å². The van der Waals surface area contributed by atoms with Crippen molar-refractivity contribution in [2.75, 3.05) is 5.32 Å². The fraction of sp³-hybridized carbons (Fsp3) is 0.444. The number of benzene rings is 1. The summed E-state index contributed by atoms with van der Waals surface area (Å²) in [5.41, 5.74) is 3.62. The van der Waals surface area contributed by atoms with Gasteiger partial charge in [-0.15, -0.1) is 0 Å². The summed E-state index contributed by atoms with van der Waals surface area (Å²) in [5.74, 6) is 0.0914. The maximum absolute atomic E-state index is 12.9. The van der Waals surface area contributed by atoms with Crippen molar-refractivity contribution in [3.8, 4) is 5.75 Å². The number of nitrogens with zero attached hydrogens (tertiary/aromatic N) is 2. The Morgan fingerprint density at radius 2 is 2.00 bits per heavy atom. The third-order valence-corrected chi connectivity index (χ3v) is 6.31. The van der Waals surface area contributed by atoms with Crippen molar-refractivity contribution in [1.29, 1.82) is 0 Å². The average molecular weight is 392 g/mol. The minimum absolute atomic E-state index is 0.128. The molecule has 0 spiro atoms. The molecule has 0 bridgehead atoms. The summed E-state index contributed by atoms with van der Waals surface area (Å²) in [6, 6.07) is 3.07. The molecule has 0 saturated carbocycles. The van der Waals surface area contributed by atoms with Crippen LogP contribution in [0.1, 0.15) is 36.4 Å². The highest BCUT2D eigenvalue weighted by atomic mass is 32.2. The highest BCUT2D eigenvalue weighted by molar-refractivity contribution is 7.89. The normalized spacial score (nSPS) is 16.6. The van der Waals surface area contributed by atoms with Gasteiger partial charge in [-0.1, -0.05) is 0 Å². The number of sulfonamides is 1. The van der Waals surface area contributed by atoms with E-state index in [0.29, 0.717) is 17.0 Å². The Balaban J connectivity index is 1.89. The Kier molecular flexibility index (Phi) is 5.00. The van der Waals surface area contributed by atoms with Crippen LogP contribution in [0.4, 0.5) is 5.69 Å². The zero-order valence-electron chi connectivity index (χ0n) is 16.1. The summed E-state index contributed by atoms with van der Waals surface area (Å²) < 4.78 is 35.8. The first-order valence-corrected chi connectivity index (χ1v) is 10.3. The van der Waals surface area contributed by atoms with E-state index in [2.05, 4.69) is 15.1 Å². The van der Waals surface area contributed by atoms with Crippen LogP contribution in [0.5, 0.6) is 5.75 Å². The van der Waals surface area contributed by atoms with Gasteiger partial charge in [0, 0.05) is 30.4 Å². The molecular formula is C18H24N4O4S. The number of carbonyl (C=O) groups is 1. The molecule has 1 aromatic heterocycles. The van der Waals surface area contributed by atoms with Gasteiger partial charge in [0.25, 0.3) is 5.91 Å². The first-order chi connectivity index (χ1) is 12.6. The molecule has 1 atom stereocenters. The lowest BCUT2D eigenvalue weighted by Gasteiger charge is -2.24. The lowest BCUT2D eigenvalue weighted by atomic mass is 10.1. The molecule has 2 N–H and O–H groups in total. The second-order valence-electron chi connectivity index (χ2n) is 6.65. The lowest BCUT2D eigenvalue weighted by Crippen LogP contribution is -2.34. The van der Waals surface area contributed by atoms with Crippen molar-refractivity contribution < 1.29 is 17.9 Å². The summed E-state index contributed by atoms with van der Waals surface area (Å²) >= 11 is 0. The smallest absolute Gasteiger partial charge is 0.265 e. The number of aryl methyl sites for hydroxylation is 3. The molecule has 0 saturated heterocycles. The van der Waals surface area contributed by atoms with Crippen LogP contribution in [-0.2, 0) is 27.9 Å². The number of amides is 1. The minimum Gasteiger partial charge on any atom is -0.479 e. The molecule has 0 fully saturated rings. The highest BCUT2D eigenvalue weighted by Crippen LogP contribution is 2.34. The van der Waals surface area contributed by atoms with E-state index >= 15 is 0 Å². The van der Waals surface area contributed by atoms with Gasteiger partial charge in [0.1, 0.15) is 5.75 Å². The summed E-state index contributed by atoms with van der Waals surface area (Å²) in [7, 11) is -3.76. The fourth-order valence-corrected chi connectivity index (χ4v) is 4.41. The number of fused-ring (bicyclic) bond motifs is 1. The molecule has 3 rings (SSSR count). The molecule has 8 nitrogen and oxygen atoms in total. The van der Waals surface area contributed by atoms with Gasteiger partial charge < -0.3 is 10.1 Å². The van der Waals surface area contributed by atoms with E-state index in [0.717, 1.165) is 23.5 Å². The van der Waals surface area contributed by atoms with E-state index < -0.39 is 16.1 Å². The van der Waals surface area contributed by atoms with Gasteiger partial charge in [-0.25, -0.2) is 13.1 Å². The van der Waals surface area contributed by atoms with Gasteiger partial charge >= 0.3 is 0 Å². The van der Waals surface area contributed by atoms with Gasteiger partial charge in [-0.05, 0) is 46.2 Å². The number of carbonyl (C=O) groups excluding carboxylic acids is 1. The van der Waals surface area contributed by atoms with Crippen molar-refractivity contribution in [3.05, 3.63) is 34.6 Å². The van der Waals surface area contributed by atoms with Crippen LogP contribution in [0.25, 0.3) is 0 Å². The molecule has 2 heterocycles. The predicted octanol–water partition coefficient (Wildman–Crippen LogP) is 2.03. The van der Waals surface area contributed by atoms with Gasteiger partial charge in [-0.2, -0.15) is 5.10 Å². The van der Waals surface area contributed by atoms with Crippen molar-refractivity contribution in [2.24, 2.45) is 0 Å². The first-order valence-electron chi connectivity index (χ1n) is 8.78. The van der Waals surface area contributed by atoms with Crippen molar-refractivity contribution in [2.45, 2.75) is 58.7 Å². The molecule has 1 aliphatic rings. The summed E-state index contributed by atoms with van der Waals surface area (Å²) in [6.45, 7) is 9.96. The Bertz CT molecular complexity index is 1010. The Hall–Kier alpha value is -2.39. The van der Waals surface area contributed by atoms with Crippen LogP contribution in [0.15, 0.2) is 17.0 Å². The third-order valence-electron chi connectivity index (χ3n) is 4.77. The second kappa shape index (κ2) is 6.97. The molecule has 1 unspecified atom stereocenters. The second-order valence-corrected chi connectivity index (χ2v) is 8.39. The van der Waals surface area contributed by atoms with Gasteiger partial charge in [0.05, 0.1) is 16.3 Å². The maximum Gasteiger partial charge on any atom is 0.265 e. The predicted molar refractivity (Wildman–Crippen MR) is 101 cm³/mol.